The molecule has 0 saturated carbocycles. The van der Waals surface area contributed by atoms with Crippen molar-refractivity contribution >= 4 is 0 Å². The third-order valence-corrected chi connectivity index (χ3v) is 6.38. The fourth-order valence-electron chi connectivity index (χ4n) is 4.07. The number of unbranched alkanes of at least 4 members (excludes halogenated alkanes) is 14. The van der Waals surface area contributed by atoms with Crippen molar-refractivity contribution in [1.82, 2.24) is 4.90 Å². The maximum atomic E-state index is 6.08. The predicted octanol–water partition coefficient (Wildman–Crippen LogP) is 9.47. The predicted molar refractivity (Wildman–Crippen MR) is 152 cm³/mol. The first kappa shape index (κ1) is 33.4. The van der Waals surface area contributed by atoms with E-state index in [0.29, 0.717) is 0 Å². The van der Waals surface area contributed by atoms with Gasteiger partial charge in [0.15, 0.2) is 0 Å². The van der Waals surface area contributed by atoms with Gasteiger partial charge in [0.25, 0.3) is 0 Å². The second kappa shape index (κ2) is 28.6. The lowest BCUT2D eigenvalue weighted by Crippen LogP contribution is -2.32. The molecule has 0 aromatic carbocycles. The summed E-state index contributed by atoms with van der Waals surface area (Å²) in [6.07, 6.45) is 33.9. The van der Waals surface area contributed by atoms with E-state index in [9.17, 15) is 0 Å². The van der Waals surface area contributed by atoms with Gasteiger partial charge >= 0.3 is 0 Å². The molecular weight excluding hydrogens is 418 g/mol. The first-order valence-corrected chi connectivity index (χ1v) is 14.9. The summed E-state index contributed by atoms with van der Waals surface area (Å²) in [6, 6.07) is 0. The lowest BCUT2D eigenvalue weighted by molar-refractivity contribution is -0.0560. The van der Waals surface area contributed by atoms with Gasteiger partial charge in [0.05, 0.1) is 6.61 Å². The number of ether oxygens (including phenoxy) is 2. The Hall–Kier alpha value is -0.640. The van der Waals surface area contributed by atoms with E-state index in [2.05, 4.69) is 57.1 Å². The average Bonchev–Trinajstić information content (AvgIpc) is 2.83. The summed E-state index contributed by atoms with van der Waals surface area (Å²) in [7, 11) is 4.21. The zero-order valence-corrected chi connectivity index (χ0v) is 23.7. The van der Waals surface area contributed by atoms with Gasteiger partial charge in [0, 0.05) is 19.6 Å². The van der Waals surface area contributed by atoms with Crippen LogP contribution in [0.4, 0.5) is 0 Å². The van der Waals surface area contributed by atoms with Crippen LogP contribution >= 0.6 is 0 Å². The third-order valence-electron chi connectivity index (χ3n) is 6.38. The minimum Gasteiger partial charge on any atom is -0.381 e. The molecule has 0 N–H and O–H groups in total. The highest BCUT2D eigenvalue weighted by molar-refractivity contribution is 4.92. The summed E-state index contributed by atoms with van der Waals surface area (Å²) in [4.78, 5) is 2.18. The molecule has 0 radical (unpaired) electrons. The van der Waals surface area contributed by atoms with Crippen molar-refractivity contribution in [3.05, 3.63) is 24.3 Å². The summed E-state index contributed by atoms with van der Waals surface area (Å²) in [6.45, 7) is 7.11. The van der Waals surface area contributed by atoms with Crippen LogP contribution in [0.5, 0.6) is 0 Å². The van der Waals surface area contributed by atoms with E-state index in [1.807, 2.05) is 0 Å². The highest BCUT2D eigenvalue weighted by Gasteiger charge is 2.11. The largest absolute Gasteiger partial charge is 0.381 e. The molecule has 3 nitrogen and oxygen atoms in total. The highest BCUT2D eigenvalue weighted by Crippen LogP contribution is 2.10. The fourth-order valence-corrected chi connectivity index (χ4v) is 4.07. The molecule has 1 atom stereocenters. The first-order chi connectivity index (χ1) is 16.7. The standard InChI is InChI=1S/C31H61NO2/c1-5-7-9-11-13-14-15-16-17-18-19-20-21-22-23-25-28-33-30-27-31(32(3)4)34-29-26-24-12-10-8-6-2/h13-14,16-17,31H,5-12,15,18-30H2,1-4H3/b14-13-,17-16-. The van der Waals surface area contributed by atoms with Crippen molar-refractivity contribution < 1.29 is 9.47 Å². The molecule has 0 rings (SSSR count). The van der Waals surface area contributed by atoms with Crippen LogP contribution in [-0.2, 0) is 9.47 Å². The van der Waals surface area contributed by atoms with Crippen molar-refractivity contribution in [2.45, 2.75) is 142 Å². The monoisotopic (exact) mass is 479 g/mol. The third kappa shape index (κ3) is 26.0. The molecule has 0 heterocycles. The number of hydrogen-bond acceptors (Lipinski definition) is 3. The van der Waals surface area contributed by atoms with Crippen LogP contribution in [0, 0.1) is 0 Å². The number of allylic oxidation sites excluding steroid dienone is 4. The van der Waals surface area contributed by atoms with E-state index in [1.165, 1.54) is 109 Å². The Morgan fingerprint density at radius 1 is 0.559 bits per heavy atom. The van der Waals surface area contributed by atoms with Crippen LogP contribution < -0.4 is 0 Å². The smallest absolute Gasteiger partial charge is 0.112 e. The molecule has 0 fully saturated rings. The van der Waals surface area contributed by atoms with Crippen LogP contribution in [0.1, 0.15) is 136 Å². The van der Waals surface area contributed by atoms with Crippen molar-refractivity contribution in [3.8, 4) is 0 Å². The molecule has 0 aromatic heterocycles. The molecule has 0 aliphatic carbocycles. The number of rotatable bonds is 27. The second-order valence-corrected chi connectivity index (χ2v) is 10.0. The molecule has 0 saturated heterocycles. The number of hydrogen-bond donors (Lipinski definition) is 0. The van der Waals surface area contributed by atoms with Gasteiger partial charge in [0.2, 0.25) is 0 Å². The van der Waals surface area contributed by atoms with Gasteiger partial charge in [-0.1, -0.05) is 109 Å². The Labute approximate surface area is 214 Å². The van der Waals surface area contributed by atoms with Crippen LogP contribution in [0.2, 0.25) is 0 Å². The van der Waals surface area contributed by atoms with Gasteiger partial charge in [-0.05, 0) is 59.0 Å². The van der Waals surface area contributed by atoms with Gasteiger partial charge < -0.3 is 9.47 Å². The van der Waals surface area contributed by atoms with Crippen molar-refractivity contribution in [2.24, 2.45) is 0 Å². The SMILES string of the molecule is CCCCC/C=C\C/C=C\CCCCCCCCOCCC(OCCCCCCCC)N(C)C. The van der Waals surface area contributed by atoms with Crippen LogP contribution in [0.25, 0.3) is 0 Å². The lowest BCUT2D eigenvalue weighted by atomic mass is 10.1. The molecule has 3 heteroatoms. The van der Waals surface area contributed by atoms with Crippen molar-refractivity contribution in [2.75, 3.05) is 33.9 Å². The maximum Gasteiger partial charge on any atom is 0.112 e. The van der Waals surface area contributed by atoms with Gasteiger partial charge in [-0.15, -0.1) is 0 Å². The Kier molecular flexibility index (Phi) is 28.1. The van der Waals surface area contributed by atoms with E-state index in [4.69, 9.17) is 9.47 Å². The molecule has 0 spiro atoms. The van der Waals surface area contributed by atoms with E-state index in [0.717, 1.165) is 32.7 Å². The van der Waals surface area contributed by atoms with E-state index >= 15 is 0 Å². The molecular formula is C31H61NO2. The minimum absolute atomic E-state index is 0.187. The average molecular weight is 480 g/mol. The van der Waals surface area contributed by atoms with Crippen molar-refractivity contribution in [1.29, 1.82) is 0 Å². The molecule has 0 aromatic rings. The quantitative estimate of drug-likeness (QED) is 0.0665. The maximum absolute atomic E-state index is 6.08. The Morgan fingerprint density at radius 3 is 1.68 bits per heavy atom. The Balaban J connectivity index is 3.42. The van der Waals surface area contributed by atoms with E-state index in [1.54, 1.807) is 0 Å². The van der Waals surface area contributed by atoms with Gasteiger partial charge in [-0.25, -0.2) is 0 Å². The normalized spacial score (nSPS) is 13.1. The minimum atomic E-state index is 0.187. The second-order valence-electron chi connectivity index (χ2n) is 10.0. The molecule has 0 aliphatic rings. The zero-order valence-electron chi connectivity index (χ0n) is 23.7. The van der Waals surface area contributed by atoms with Crippen molar-refractivity contribution in [3.63, 3.8) is 0 Å². The lowest BCUT2D eigenvalue weighted by Gasteiger charge is -2.24. The van der Waals surface area contributed by atoms with E-state index < -0.39 is 0 Å². The molecule has 1 unspecified atom stereocenters. The molecule has 34 heavy (non-hydrogen) atoms. The summed E-state index contributed by atoms with van der Waals surface area (Å²) in [5, 5.41) is 0. The van der Waals surface area contributed by atoms with E-state index in [-0.39, 0.29) is 6.23 Å². The summed E-state index contributed by atoms with van der Waals surface area (Å²) in [5.74, 6) is 0. The van der Waals surface area contributed by atoms with Crippen LogP contribution in [0.3, 0.4) is 0 Å². The number of nitrogens with zero attached hydrogens (tertiary/aromatic N) is 1. The van der Waals surface area contributed by atoms with Gasteiger partial charge in [-0.2, -0.15) is 0 Å². The van der Waals surface area contributed by atoms with Gasteiger partial charge in [-0.3, -0.25) is 4.90 Å². The Morgan fingerprint density at radius 2 is 1.06 bits per heavy atom. The Bertz CT molecular complexity index is 433. The highest BCUT2D eigenvalue weighted by atomic mass is 16.5. The zero-order chi connectivity index (χ0) is 25.0. The summed E-state index contributed by atoms with van der Waals surface area (Å²) in [5.41, 5.74) is 0. The molecule has 0 amide bonds. The van der Waals surface area contributed by atoms with Crippen LogP contribution in [0.15, 0.2) is 24.3 Å². The first-order valence-electron chi connectivity index (χ1n) is 14.9. The fraction of sp³-hybridized carbons (Fsp3) is 0.871. The molecule has 0 aliphatic heterocycles. The molecule has 0 bridgehead atoms. The topological polar surface area (TPSA) is 21.7 Å². The molecule has 202 valence electrons. The van der Waals surface area contributed by atoms with Gasteiger partial charge in [0.1, 0.15) is 6.23 Å². The summed E-state index contributed by atoms with van der Waals surface area (Å²) >= 11 is 0. The summed E-state index contributed by atoms with van der Waals surface area (Å²) < 4.78 is 12.0. The van der Waals surface area contributed by atoms with Crippen LogP contribution in [-0.4, -0.2) is 45.0 Å².